The fourth-order valence-electron chi connectivity index (χ4n) is 3.15. The zero-order valence-electron chi connectivity index (χ0n) is 10.6. The lowest BCUT2D eigenvalue weighted by molar-refractivity contribution is 0.0530. The topological polar surface area (TPSA) is 18.5 Å². The maximum atomic E-state index is 5.89. The van der Waals surface area contributed by atoms with Crippen LogP contribution in [-0.2, 0) is 9.47 Å². The van der Waals surface area contributed by atoms with Crippen molar-refractivity contribution in [1.29, 1.82) is 0 Å². The van der Waals surface area contributed by atoms with E-state index in [9.17, 15) is 0 Å². The van der Waals surface area contributed by atoms with Crippen LogP contribution in [0.1, 0.15) is 51.4 Å². The van der Waals surface area contributed by atoms with Crippen LogP contribution >= 0.6 is 0 Å². The van der Waals surface area contributed by atoms with E-state index in [0.717, 1.165) is 25.0 Å². The van der Waals surface area contributed by atoms with E-state index < -0.39 is 0 Å². The van der Waals surface area contributed by atoms with Crippen molar-refractivity contribution >= 4 is 0 Å². The minimum Gasteiger partial charge on any atom is -0.381 e. The first-order chi connectivity index (χ1) is 7.88. The largest absolute Gasteiger partial charge is 0.381 e. The highest BCUT2D eigenvalue weighted by atomic mass is 16.5. The highest BCUT2D eigenvalue weighted by molar-refractivity contribution is 4.75. The second-order valence-corrected chi connectivity index (χ2v) is 5.58. The molecule has 0 N–H and O–H groups in total. The van der Waals surface area contributed by atoms with Gasteiger partial charge in [-0.05, 0) is 43.9 Å². The molecule has 2 saturated carbocycles. The second kappa shape index (κ2) is 6.61. The van der Waals surface area contributed by atoms with Gasteiger partial charge in [-0.1, -0.05) is 19.3 Å². The van der Waals surface area contributed by atoms with Crippen LogP contribution in [0.4, 0.5) is 0 Å². The van der Waals surface area contributed by atoms with Gasteiger partial charge in [0.2, 0.25) is 0 Å². The van der Waals surface area contributed by atoms with Crippen LogP contribution in [0.2, 0.25) is 0 Å². The molecule has 0 aromatic heterocycles. The molecule has 0 radical (unpaired) electrons. The predicted molar refractivity (Wildman–Crippen MR) is 65.5 cm³/mol. The van der Waals surface area contributed by atoms with E-state index in [2.05, 4.69) is 0 Å². The maximum absolute atomic E-state index is 5.89. The Morgan fingerprint density at radius 1 is 0.875 bits per heavy atom. The quantitative estimate of drug-likeness (QED) is 0.715. The molecular formula is C14H26O2. The van der Waals surface area contributed by atoms with E-state index >= 15 is 0 Å². The highest BCUT2D eigenvalue weighted by Gasteiger charge is 2.24. The molecule has 0 bridgehead atoms. The molecule has 0 aromatic carbocycles. The van der Waals surface area contributed by atoms with Gasteiger partial charge in [-0.25, -0.2) is 0 Å². The van der Waals surface area contributed by atoms with E-state index in [0.29, 0.717) is 6.10 Å². The van der Waals surface area contributed by atoms with E-state index in [1.54, 1.807) is 0 Å². The molecule has 0 saturated heterocycles. The third-order valence-corrected chi connectivity index (χ3v) is 4.26. The molecule has 16 heavy (non-hydrogen) atoms. The normalized spacial score (nSPS) is 32.1. The third-order valence-electron chi connectivity index (χ3n) is 4.26. The average Bonchev–Trinajstić information content (AvgIpc) is 2.78. The van der Waals surface area contributed by atoms with Gasteiger partial charge in [0.1, 0.15) is 0 Å². The number of ether oxygens (including phenoxy) is 2. The van der Waals surface area contributed by atoms with Crippen molar-refractivity contribution in [3.8, 4) is 0 Å². The fraction of sp³-hybridized carbons (Fsp3) is 1.00. The zero-order chi connectivity index (χ0) is 11.2. The van der Waals surface area contributed by atoms with Gasteiger partial charge in [-0.15, -0.1) is 0 Å². The molecule has 0 aliphatic heterocycles. The Morgan fingerprint density at radius 2 is 1.62 bits per heavy atom. The van der Waals surface area contributed by atoms with E-state index in [-0.39, 0.29) is 0 Å². The molecule has 2 heteroatoms. The lowest BCUT2D eigenvalue weighted by Crippen LogP contribution is -2.16. The van der Waals surface area contributed by atoms with E-state index in [1.165, 1.54) is 51.4 Å². The molecule has 2 aliphatic rings. The summed E-state index contributed by atoms with van der Waals surface area (Å²) in [6.07, 6.45) is 11.3. The molecule has 2 nitrogen and oxygen atoms in total. The van der Waals surface area contributed by atoms with Crippen LogP contribution < -0.4 is 0 Å². The first-order valence-corrected chi connectivity index (χ1v) is 6.99. The number of methoxy groups -OCH3 is 1. The van der Waals surface area contributed by atoms with Gasteiger partial charge >= 0.3 is 0 Å². The molecule has 2 unspecified atom stereocenters. The molecule has 0 amide bonds. The summed E-state index contributed by atoms with van der Waals surface area (Å²) in [5.74, 6) is 1.61. The second-order valence-electron chi connectivity index (χ2n) is 5.58. The van der Waals surface area contributed by atoms with Crippen molar-refractivity contribution < 1.29 is 9.47 Å². The van der Waals surface area contributed by atoms with Crippen molar-refractivity contribution in [2.75, 3.05) is 20.3 Å². The van der Waals surface area contributed by atoms with Gasteiger partial charge in [0.05, 0.1) is 6.10 Å². The van der Waals surface area contributed by atoms with Crippen molar-refractivity contribution in [3.63, 3.8) is 0 Å². The lowest BCUT2D eigenvalue weighted by Gasteiger charge is -2.22. The van der Waals surface area contributed by atoms with Gasteiger partial charge < -0.3 is 9.47 Å². The van der Waals surface area contributed by atoms with Crippen LogP contribution in [0.25, 0.3) is 0 Å². The average molecular weight is 226 g/mol. The molecular weight excluding hydrogens is 200 g/mol. The standard InChI is InChI=1S/C14H26O2/c1-15-14-8-7-13(9-14)11-16-10-12-5-3-2-4-6-12/h12-14H,2-11H2,1H3. The van der Waals surface area contributed by atoms with Crippen LogP contribution in [0, 0.1) is 11.8 Å². The van der Waals surface area contributed by atoms with Gasteiger partial charge in [-0.3, -0.25) is 0 Å². The summed E-state index contributed by atoms with van der Waals surface area (Å²) < 4.78 is 11.3. The minimum atomic E-state index is 0.503. The molecule has 0 spiro atoms. The van der Waals surface area contributed by atoms with Crippen molar-refractivity contribution in [1.82, 2.24) is 0 Å². The molecule has 0 heterocycles. The summed E-state index contributed by atoms with van der Waals surface area (Å²) in [7, 11) is 1.83. The molecule has 94 valence electrons. The summed E-state index contributed by atoms with van der Waals surface area (Å²) >= 11 is 0. The van der Waals surface area contributed by atoms with E-state index in [1.807, 2.05) is 7.11 Å². The van der Waals surface area contributed by atoms with Crippen molar-refractivity contribution in [2.45, 2.75) is 57.5 Å². The predicted octanol–water partition coefficient (Wildman–Crippen LogP) is 3.40. The Morgan fingerprint density at radius 3 is 2.31 bits per heavy atom. The highest BCUT2D eigenvalue weighted by Crippen LogP contribution is 2.28. The van der Waals surface area contributed by atoms with Crippen molar-refractivity contribution in [3.05, 3.63) is 0 Å². The van der Waals surface area contributed by atoms with Crippen LogP contribution in [0.5, 0.6) is 0 Å². The SMILES string of the molecule is COC1CCC(COCC2CCCCC2)C1. The summed E-state index contributed by atoms with van der Waals surface area (Å²) in [4.78, 5) is 0. The van der Waals surface area contributed by atoms with Gasteiger partial charge in [0, 0.05) is 20.3 Å². The van der Waals surface area contributed by atoms with Gasteiger partial charge in [-0.2, -0.15) is 0 Å². The van der Waals surface area contributed by atoms with E-state index in [4.69, 9.17) is 9.47 Å². The summed E-state index contributed by atoms with van der Waals surface area (Å²) in [5.41, 5.74) is 0. The summed E-state index contributed by atoms with van der Waals surface area (Å²) in [6.45, 7) is 1.98. The van der Waals surface area contributed by atoms with Gasteiger partial charge in [0.25, 0.3) is 0 Å². The Balaban J connectivity index is 1.54. The first kappa shape index (κ1) is 12.4. The summed E-state index contributed by atoms with van der Waals surface area (Å²) in [6, 6.07) is 0. The van der Waals surface area contributed by atoms with Crippen LogP contribution in [0.15, 0.2) is 0 Å². The molecule has 2 fully saturated rings. The smallest absolute Gasteiger partial charge is 0.0575 e. The summed E-state index contributed by atoms with van der Waals surface area (Å²) in [5, 5.41) is 0. The third kappa shape index (κ3) is 3.74. The Bertz CT molecular complexity index is 187. The number of hydrogen-bond acceptors (Lipinski definition) is 2. The maximum Gasteiger partial charge on any atom is 0.0575 e. The molecule has 2 atom stereocenters. The molecule has 0 aromatic rings. The monoisotopic (exact) mass is 226 g/mol. The minimum absolute atomic E-state index is 0.503. The number of rotatable bonds is 5. The Kier molecular flexibility index (Phi) is 5.11. The molecule has 2 rings (SSSR count). The first-order valence-electron chi connectivity index (χ1n) is 6.99. The Labute approximate surface area is 99.7 Å². The van der Waals surface area contributed by atoms with Gasteiger partial charge in [0.15, 0.2) is 0 Å². The number of hydrogen-bond donors (Lipinski definition) is 0. The molecule has 2 aliphatic carbocycles. The van der Waals surface area contributed by atoms with Crippen molar-refractivity contribution in [2.24, 2.45) is 11.8 Å². The lowest BCUT2D eigenvalue weighted by atomic mass is 9.90. The zero-order valence-corrected chi connectivity index (χ0v) is 10.6. The fourth-order valence-corrected chi connectivity index (χ4v) is 3.15. The van der Waals surface area contributed by atoms with Crippen LogP contribution in [-0.4, -0.2) is 26.4 Å². The Hall–Kier alpha value is -0.0800. The van der Waals surface area contributed by atoms with Crippen LogP contribution in [0.3, 0.4) is 0 Å².